The summed E-state index contributed by atoms with van der Waals surface area (Å²) in [5.41, 5.74) is 2.52. The van der Waals surface area contributed by atoms with Gasteiger partial charge >= 0.3 is 0 Å². The topological polar surface area (TPSA) is 111 Å². The number of aromatic nitrogens is 2. The Bertz CT molecular complexity index is 1170. The number of carbonyl (C=O) groups excluding carboxylic acids is 2. The molecule has 2 heterocycles. The van der Waals surface area contributed by atoms with Gasteiger partial charge in [0, 0.05) is 48.4 Å². The van der Waals surface area contributed by atoms with E-state index < -0.39 is 0 Å². The summed E-state index contributed by atoms with van der Waals surface area (Å²) in [7, 11) is 0. The number of amides is 2. The molecule has 1 unspecified atom stereocenters. The molecule has 1 fully saturated rings. The van der Waals surface area contributed by atoms with E-state index in [1.54, 1.807) is 54.4 Å². The first-order chi connectivity index (χ1) is 15.1. The number of rotatable bonds is 5. The molecule has 1 aliphatic heterocycles. The monoisotopic (exact) mass is 414 g/mol. The molecule has 2 amide bonds. The van der Waals surface area contributed by atoms with Crippen LogP contribution in [-0.4, -0.2) is 45.8 Å². The van der Waals surface area contributed by atoms with Gasteiger partial charge in [0.05, 0.1) is 17.1 Å². The lowest BCUT2D eigenvalue weighted by molar-refractivity contribution is -0.115. The van der Waals surface area contributed by atoms with Gasteiger partial charge in [0.25, 0.3) is 5.91 Å². The van der Waals surface area contributed by atoms with Gasteiger partial charge in [-0.2, -0.15) is 5.26 Å². The van der Waals surface area contributed by atoms with Crippen molar-refractivity contribution in [1.29, 1.82) is 5.26 Å². The van der Waals surface area contributed by atoms with E-state index in [-0.39, 0.29) is 17.9 Å². The van der Waals surface area contributed by atoms with Gasteiger partial charge < -0.3 is 15.5 Å². The SMILES string of the molecule is CCC(=O)Nc1ccc(C(=O)N2CCC(Nc3ncc4ccc(C#N)cc4n3)C2)cc1. The Balaban J connectivity index is 1.39. The zero-order valence-electron chi connectivity index (χ0n) is 17.1. The molecule has 0 bridgehead atoms. The van der Waals surface area contributed by atoms with Gasteiger partial charge in [-0.05, 0) is 48.9 Å². The molecule has 8 heteroatoms. The summed E-state index contributed by atoms with van der Waals surface area (Å²) >= 11 is 0. The zero-order valence-corrected chi connectivity index (χ0v) is 17.1. The van der Waals surface area contributed by atoms with Gasteiger partial charge in [-0.3, -0.25) is 9.59 Å². The number of benzene rings is 2. The highest BCUT2D eigenvalue weighted by Gasteiger charge is 2.27. The fourth-order valence-corrected chi connectivity index (χ4v) is 3.54. The summed E-state index contributed by atoms with van der Waals surface area (Å²) in [5, 5.41) is 16.0. The van der Waals surface area contributed by atoms with E-state index in [9.17, 15) is 9.59 Å². The molecule has 2 N–H and O–H groups in total. The number of carbonyl (C=O) groups is 2. The first kappa shape index (κ1) is 20.3. The van der Waals surface area contributed by atoms with Gasteiger partial charge in [-0.15, -0.1) is 0 Å². The largest absolute Gasteiger partial charge is 0.350 e. The van der Waals surface area contributed by atoms with Crippen molar-refractivity contribution in [3.05, 3.63) is 59.8 Å². The summed E-state index contributed by atoms with van der Waals surface area (Å²) in [6.07, 6.45) is 2.92. The van der Waals surface area contributed by atoms with Crippen molar-refractivity contribution in [2.24, 2.45) is 0 Å². The van der Waals surface area contributed by atoms with E-state index in [0.29, 0.717) is 47.8 Å². The van der Waals surface area contributed by atoms with Crippen LogP contribution in [0.15, 0.2) is 48.7 Å². The van der Waals surface area contributed by atoms with E-state index in [1.165, 1.54) is 0 Å². The number of nitriles is 1. The zero-order chi connectivity index (χ0) is 21.8. The minimum Gasteiger partial charge on any atom is -0.350 e. The lowest BCUT2D eigenvalue weighted by Crippen LogP contribution is -2.31. The summed E-state index contributed by atoms with van der Waals surface area (Å²) in [6.45, 7) is 2.97. The quantitative estimate of drug-likeness (QED) is 0.663. The van der Waals surface area contributed by atoms with Crippen molar-refractivity contribution >= 4 is 34.4 Å². The lowest BCUT2D eigenvalue weighted by Gasteiger charge is -2.17. The Hall–Kier alpha value is -3.99. The van der Waals surface area contributed by atoms with Crippen LogP contribution < -0.4 is 10.6 Å². The molecular weight excluding hydrogens is 392 g/mol. The van der Waals surface area contributed by atoms with Gasteiger partial charge in [0.15, 0.2) is 0 Å². The Labute approximate surface area is 179 Å². The van der Waals surface area contributed by atoms with Crippen molar-refractivity contribution in [1.82, 2.24) is 14.9 Å². The molecule has 4 rings (SSSR count). The summed E-state index contributed by atoms with van der Waals surface area (Å²) in [5.74, 6) is 0.376. The second-order valence-corrected chi connectivity index (χ2v) is 7.44. The summed E-state index contributed by atoms with van der Waals surface area (Å²) < 4.78 is 0. The molecule has 0 saturated carbocycles. The van der Waals surface area contributed by atoms with Gasteiger partial charge in [-0.1, -0.05) is 6.92 Å². The van der Waals surface area contributed by atoms with E-state index in [0.717, 1.165) is 11.8 Å². The molecule has 1 atom stereocenters. The maximum atomic E-state index is 12.8. The van der Waals surface area contributed by atoms with Crippen molar-refractivity contribution < 1.29 is 9.59 Å². The Morgan fingerprint density at radius 2 is 2.03 bits per heavy atom. The van der Waals surface area contributed by atoms with Crippen LogP contribution >= 0.6 is 0 Å². The molecule has 3 aromatic rings. The Morgan fingerprint density at radius 3 is 2.77 bits per heavy atom. The van der Waals surface area contributed by atoms with E-state index in [1.807, 2.05) is 6.07 Å². The molecule has 1 aliphatic rings. The smallest absolute Gasteiger partial charge is 0.253 e. The van der Waals surface area contributed by atoms with Crippen molar-refractivity contribution in [2.45, 2.75) is 25.8 Å². The minimum atomic E-state index is -0.0627. The number of hydrogen-bond donors (Lipinski definition) is 2. The van der Waals surface area contributed by atoms with Gasteiger partial charge in [-0.25, -0.2) is 9.97 Å². The number of hydrogen-bond acceptors (Lipinski definition) is 6. The van der Waals surface area contributed by atoms with Crippen molar-refractivity contribution in [3.63, 3.8) is 0 Å². The molecule has 1 saturated heterocycles. The van der Waals surface area contributed by atoms with Crippen LogP contribution in [0.25, 0.3) is 10.9 Å². The third-order valence-corrected chi connectivity index (χ3v) is 5.26. The fraction of sp³-hybridized carbons (Fsp3) is 0.261. The maximum Gasteiger partial charge on any atom is 0.253 e. The number of likely N-dealkylation sites (tertiary alicyclic amines) is 1. The average Bonchev–Trinajstić information content (AvgIpc) is 3.27. The molecule has 8 nitrogen and oxygen atoms in total. The second-order valence-electron chi connectivity index (χ2n) is 7.44. The summed E-state index contributed by atoms with van der Waals surface area (Å²) in [6, 6.07) is 14.4. The van der Waals surface area contributed by atoms with E-state index in [4.69, 9.17) is 5.26 Å². The first-order valence-electron chi connectivity index (χ1n) is 10.2. The average molecular weight is 414 g/mol. The third-order valence-electron chi connectivity index (χ3n) is 5.26. The number of nitrogens with one attached hydrogen (secondary N) is 2. The van der Waals surface area contributed by atoms with Crippen LogP contribution in [0.3, 0.4) is 0 Å². The summed E-state index contributed by atoms with van der Waals surface area (Å²) in [4.78, 5) is 35.0. The maximum absolute atomic E-state index is 12.8. The second kappa shape index (κ2) is 8.79. The minimum absolute atomic E-state index is 0.0451. The van der Waals surface area contributed by atoms with Crippen LogP contribution in [0.2, 0.25) is 0 Å². The number of fused-ring (bicyclic) bond motifs is 1. The third kappa shape index (κ3) is 4.61. The molecule has 0 radical (unpaired) electrons. The number of anilines is 2. The molecule has 31 heavy (non-hydrogen) atoms. The predicted octanol–water partition coefficient (Wildman–Crippen LogP) is 3.18. The molecule has 156 valence electrons. The number of nitrogens with zero attached hydrogens (tertiary/aromatic N) is 4. The normalized spacial score (nSPS) is 15.5. The first-order valence-corrected chi connectivity index (χ1v) is 10.2. The van der Waals surface area contributed by atoms with E-state index in [2.05, 4.69) is 26.7 Å². The molecule has 0 aliphatic carbocycles. The fourth-order valence-electron chi connectivity index (χ4n) is 3.54. The van der Waals surface area contributed by atoms with Gasteiger partial charge in [0.2, 0.25) is 11.9 Å². The van der Waals surface area contributed by atoms with Crippen LogP contribution in [0, 0.1) is 11.3 Å². The van der Waals surface area contributed by atoms with Crippen molar-refractivity contribution in [3.8, 4) is 6.07 Å². The van der Waals surface area contributed by atoms with Gasteiger partial charge in [0.1, 0.15) is 0 Å². The lowest BCUT2D eigenvalue weighted by atomic mass is 10.2. The van der Waals surface area contributed by atoms with Crippen LogP contribution in [-0.2, 0) is 4.79 Å². The molecular formula is C23H22N6O2. The molecule has 1 aromatic heterocycles. The Kier molecular flexibility index (Phi) is 5.76. The Morgan fingerprint density at radius 1 is 1.23 bits per heavy atom. The standard InChI is InChI=1S/C23H22N6O2/c1-2-21(30)26-18-7-5-16(6-8-18)22(31)29-10-9-19(14-29)27-23-25-13-17-4-3-15(12-24)11-20(17)28-23/h3-8,11,13,19H,2,9-10,14H2,1H3,(H,26,30)(H,25,27,28). The van der Waals surface area contributed by atoms with Crippen LogP contribution in [0.1, 0.15) is 35.7 Å². The predicted molar refractivity (Wildman–Crippen MR) is 118 cm³/mol. The van der Waals surface area contributed by atoms with Crippen LogP contribution in [0.5, 0.6) is 0 Å². The highest BCUT2D eigenvalue weighted by molar-refractivity contribution is 5.96. The van der Waals surface area contributed by atoms with E-state index >= 15 is 0 Å². The highest BCUT2D eigenvalue weighted by Crippen LogP contribution is 2.20. The van der Waals surface area contributed by atoms with Crippen molar-refractivity contribution in [2.75, 3.05) is 23.7 Å². The molecule has 0 spiro atoms. The van der Waals surface area contributed by atoms with Crippen LogP contribution in [0.4, 0.5) is 11.6 Å². The highest BCUT2D eigenvalue weighted by atomic mass is 16.2. The molecule has 2 aromatic carbocycles.